The SMILES string of the molecule is C.CC(=O)C(=O)c1ccccc1.CCC(Cc1ccccc1)(C(=O)c1ccc(N2CCOCC2)cc1)N(C)C.CCCCCC/C(=N\OC(=O)c1ccccc1)C(=O)c1ccc(Sc2ccccc2)cc1.CSc1ccc(C(=O)C(C)(C)N2CCOCC2)cc1.O=C(OCCOCCOC(=O)C(=O)c1ccccc1)C(=O)c1ccccc1. The van der Waals surface area contributed by atoms with Crippen molar-refractivity contribution in [2.45, 2.75) is 113 Å². The summed E-state index contributed by atoms with van der Waals surface area (Å²) in [6, 6.07) is 77.1. The number of hydrogen-bond acceptors (Lipinski definition) is 22. The van der Waals surface area contributed by atoms with Crippen LogP contribution < -0.4 is 4.90 Å². The van der Waals surface area contributed by atoms with Gasteiger partial charge in [-0.3, -0.25) is 43.4 Å². The van der Waals surface area contributed by atoms with Crippen LogP contribution in [0.15, 0.2) is 275 Å². The summed E-state index contributed by atoms with van der Waals surface area (Å²) >= 11 is 3.32. The van der Waals surface area contributed by atoms with E-state index >= 15 is 0 Å². The van der Waals surface area contributed by atoms with Gasteiger partial charge < -0.3 is 33.4 Å². The fraction of sp³-hybridized carbons (Fsp3) is 0.316. The first-order valence-corrected chi connectivity index (χ1v) is 40.8. The number of likely N-dealkylation sites (N-methyl/N-ethyl adjacent to an activating group) is 1. The largest absolute Gasteiger partial charge is 0.457 e. The van der Waals surface area contributed by atoms with Gasteiger partial charge in [0.2, 0.25) is 11.6 Å². The van der Waals surface area contributed by atoms with E-state index in [2.05, 4.69) is 58.0 Å². The lowest BCUT2D eigenvalue weighted by molar-refractivity contribution is -0.141. The fourth-order valence-electron chi connectivity index (χ4n) is 12.2. The van der Waals surface area contributed by atoms with Crippen LogP contribution in [0.2, 0.25) is 0 Å². The first-order chi connectivity index (χ1) is 56.1. The molecule has 1 unspecified atom stereocenters. The van der Waals surface area contributed by atoms with Crippen molar-refractivity contribution in [3.63, 3.8) is 0 Å². The van der Waals surface area contributed by atoms with Gasteiger partial charge in [-0.2, -0.15) is 0 Å². The molecule has 0 spiro atoms. The predicted molar refractivity (Wildman–Crippen MR) is 462 cm³/mol. The van der Waals surface area contributed by atoms with Crippen molar-refractivity contribution in [1.82, 2.24) is 9.80 Å². The van der Waals surface area contributed by atoms with E-state index in [1.807, 2.05) is 137 Å². The Balaban J connectivity index is 0.000000234. The second-order valence-corrected chi connectivity index (χ2v) is 29.5. The highest BCUT2D eigenvalue weighted by atomic mass is 32.2. The molecule has 1 atom stereocenters. The van der Waals surface area contributed by atoms with Crippen LogP contribution >= 0.6 is 23.5 Å². The van der Waals surface area contributed by atoms with Crippen LogP contribution in [0.1, 0.15) is 159 Å². The number of oxime groups is 1. The van der Waals surface area contributed by atoms with Crippen molar-refractivity contribution in [2.24, 2.45) is 5.16 Å². The molecule has 2 aliphatic heterocycles. The number of rotatable bonds is 34. The number of Topliss-reactive ketones (excluding diaryl/α,β-unsaturated/α-hetero) is 7. The van der Waals surface area contributed by atoms with Crippen molar-refractivity contribution in [3.05, 3.63) is 299 Å². The van der Waals surface area contributed by atoms with Crippen molar-refractivity contribution < 1.29 is 76.5 Å². The Morgan fingerprint density at radius 2 is 0.863 bits per heavy atom. The van der Waals surface area contributed by atoms with Gasteiger partial charge in [0.25, 0.3) is 11.6 Å². The molecule has 0 bridgehead atoms. The number of thioether (sulfide) groups is 1. The minimum atomic E-state index is -0.968. The van der Waals surface area contributed by atoms with E-state index in [1.54, 1.807) is 127 Å². The fourth-order valence-corrected chi connectivity index (χ4v) is 13.4. The van der Waals surface area contributed by atoms with Gasteiger partial charge in [0, 0.05) is 86.9 Å². The van der Waals surface area contributed by atoms with Gasteiger partial charge in [-0.1, -0.05) is 227 Å². The molecule has 0 aromatic heterocycles. The van der Waals surface area contributed by atoms with E-state index in [-0.39, 0.29) is 68.0 Å². The van der Waals surface area contributed by atoms with E-state index in [4.69, 9.17) is 28.5 Å². The summed E-state index contributed by atoms with van der Waals surface area (Å²) in [5.74, 6) is -4.66. The third kappa shape index (κ3) is 30.9. The average molecular weight is 1630 g/mol. The standard InChI is InChI=1S/C27H27NO3S.C23H30N2O2.C20H18O7.C15H21NO2S.C9H8O2.CH4/c1-2-3-4-11-16-25(28-31-27(30)22-12-7-5-8-13-22)26(29)21-17-19-24(20-18-21)32-23-14-9-6-10-15-23;1-4-23(24(2)3,18-19-8-6-5-7-9-19)22(26)20-10-12-21(13-11-20)25-14-16-27-17-15-25;21-17(15-7-3-1-4-8-15)19(23)26-13-11-25-12-14-27-20(24)18(22)16-9-5-2-6-10-16;1-15(2,16-8-10-18-11-9-16)14(17)12-4-6-13(19-3)7-5-12;1-7(10)9(11)8-5-3-2-4-6-8;/h5-10,12-15,17-20H,2-4,11,16H2,1H3;5-13H,4,14-18H2,1-3H3;1-10H,11-14H2;4-7H,8-11H2,1-3H3;2-6H,1H3;1H4/b28-25+;;;;;. The molecule has 0 N–H and O–H groups in total. The van der Waals surface area contributed by atoms with Crippen molar-refractivity contribution in [1.29, 1.82) is 0 Å². The molecule has 2 aliphatic rings. The maximum atomic E-state index is 13.6. The van der Waals surface area contributed by atoms with Crippen LogP contribution in [0.25, 0.3) is 0 Å². The number of morpholine rings is 2. The number of hydrogen-bond donors (Lipinski definition) is 0. The summed E-state index contributed by atoms with van der Waals surface area (Å²) in [4.78, 5) is 135. The van der Waals surface area contributed by atoms with Crippen LogP contribution in [-0.2, 0) is 49.3 Å². The molecule has 0 amide bonds. The summed E-state index contributed by atoms with van der Waals surface area (Å²) < 4.78 is 25.5. The Kier molecular flexibility index (Phi) is 41.5. The second kappa shape index (κ2) is 51.2. The smallest absolute Gasteiger partial charge is 0.379 e. The van der Waals surface area contributed by atoms with Crippen molar-refractivity contribution in [2.75, 3.05) is 104 Å². The predicted octanol–water partition coefficient (Wildman–Crippen LogP) is 17.5. The number of carbonyl (C=O) groups is 10. The lowest BCUT2D eigenvalue weighted by Crippen LogP contribution is -2.54. The van der Waals surface area contributed by atoms with E-state index in [0.29, 0.717) is 42.7 Å². The highest BCUT2D eigenvalue weighted by Crippen LogP contribution is 2.31. The highest BCUT2D eigenvalue weighted by molar-refractivity contribution is 7.99. The van der Waals surface area contributed by atoms with Crippen LogP contribution in [0, 0.1) is 0 Å². The summed E-state index contributed by atoms with van der Waals surface area (Å²) in [7, 11) is 4.01. The molecule has 0 aliphatic carbocycles. The topological polar surface area (TPSA) is 248 Å². The third-order valence-corrected chi connectivity index (χ3v) is 20.8. The molecule has 0 radical (unpaired) electrons. The third-order valence-electron chi connectivity index (χ3n) is 19.0. The Morgan fingerprint density at radius 1 is 0.453 bits per heavy atom. The van der Waals surface area contributed by atoms with Crippen LogP contribution in [0.3, 0.4) is 0 Å². The molecule has 2 saturated heterocycles. The molecule has 9 aromatic carbocycles. The van der Waals surface area contributed by atoms with Gasteiger partial charge in [0.1, 0.15) is 18.9 Å². The average Bonchev–Trinajstić information content (AvgIpc) is 0.790. The summed E-state index contributed by atoms with van der Waals surface area (Å²) in [5, 5.41) is 3.98. The maximum absolute atomic E-state index is 13.6. The minimum absolute atomic E-state index is 0. The number of unbranched alkanes of at least 4 members (excludes halogenated alkanes) is 3. The molecular formula is C95H108N4O16S2. The Bertz CT molecular complexity index is 4520. The van der Waals surface area contributed by atoms with Gasteiger partial charge in [0.15, 0.2) is 17.3 Å². The number of nitrogens with zero attached hydrogens (tertiary/aromatic N) is 4. The van der Waals surface area contributed by atoms with E-state index in [9.17, 15) is 47.9 Å². The first-order valence-electron chi connectivity index (χ1n) is 38.7. The number of esters is 2. The molecule has 616 valence electrons. The zero-order valence-corrected chi connectivity index (χ0v) is 69.0. The number of anilines is 1. The Hall–Kier alpha value is -11.0. The molecule has 20 nitrogen and oxygen atoms in total. The summed E-state index contributed by atoms with van der Waals surface area (Å²) in [5.41, 5.74) is 5.06. The van der Waals surface area contributed by atoms with Crippen molar-refractivity contribution >= 4 is 93.3 Å². The van der Waals surface area contributed by atoms with Gasteiger partial charge in [0.05, 0.1) is 56.3 Å². The molecule has 9 aromatic rings. The first kappa shape index (κ1) is 94.9. The number of benzene rings is 9. The van der Waals surface area contributed by atoms with E-state index < -0.39 is 52.1 Å². The molecule has 0 saturated carbocycles. The molecule has 2 fully saturated rings. The van der Waals surface area contributed by atoms with Crippen LogP contribution in [-0.4, -0.2) is 184 Å². The van der Waals surface area contributed by atoms with E-state index in [0.717, 1.165) is 98.1 Å². The second-order valence-electron chi connectivity index (χ2n) is 27.5. The monoisotopic (exact) mass is 1620 g/mol. The quantitative estimate of drug-likeness (QED) is 0.00531. The van der Waals surface area contributed by atoms with Gasteiger partial charge in [-0.05, 0) is 150 Å². The number of carbonyl (C=O) groups excluding carboxylic acids is 10. The lowest BCUT2D eigenvalue weighted by Gasteiger charge is -2.39. The number of ketones is 7. The van der Waals surface area contributed by atoms with Crippen LogP contribution in [0.4, 0.5) is 5.69 Å². The van der Waals surface area contributed by atoms with Crippen molar-refractivity contribution in [3.8, 4) is 0 Å². The summed E-state index contributed by atoms with van der Waals surface area (Å²) in [6.45, 7) is 15.7. The molecule has 2 heterocycles. The highest BCUT2D eigenvalue weighted by Gasteiger charge is 2.40. The van der Waals surface area contributed by atoms with E-state index in [1.165, 1.54) is 41.6 Å². The summed E-state index contributed by atoms with van der Waals surface area (Å²) in [6.07, 6.45) is 8.00. The Labute approximate surface area is 697 Å². The maximum Gasteiger partial charge on any atom is 0.379 e. The zero-order chi connectivity index (χ0) is 83.5. The molecular weight excluding hydrogens is 1520 g/mol. The Morgan fingerprint density at radius 3 is 1.32 bits per heavy atom. The van der Waals surface area contributed by atoms with Gasteiger partial charge >= 0.3 is 17.9 Å². The lowest BCUT2D eigenvalue weighted by atomic mass is 9.80. The van der Waals surface area contributed by atoms with Gasteiger partial charge in [-0.15, -0.1) is 11.8 Å². The van der Waals surface area contributed by atoms with Crippen LogP contribution in [0.5, 0.6) is 0 Å². The molecule has 117 heavy (non-hydrogen) atoms. The van der Waals surface area contributed by atoms with Gasteiger partial charge in [-0.25, -0.2) is 14.4 Å². The molecule has 22 heteroatoms. The normalized spacial score (nSPS) is 13.0. The minimum Gasteiger partial charge on any atom is -0.457 e. The zero-order valence-electron chi connectivity index (χ0n) is 67.3. The molecule has 11 rings (SSSR count). The number of ether oxygens (including phenoxy) is 5.